The van der Waals surface area contributed by atoms with Crippen molar-refractivity contribution in [3.8, 4) is 5.75 Å². The van der Waals surface area contributed by atoms with Crippen molar-refractivity contribution < 1.29 is 13.9 Å². The van der Waals surface area contributed by atoms with Gasteiger partial charge in [0.25, 0.3) is 0 Å². The lowest BCUT2D eigenvalue weighted by Gasteiger charge is -2.36. The highest BCUT2D eigenvalue weighted by atomic mass is 35.5. The number of carbonyl (C=O) groups excluding carboxylic acids is 1. The Morgan fingerprint density at radius 3 is 2.70 bits per heavy atom. The van der Waals surface area contributed by atoms with E-state index < -0.39 is 0 Å². The fourth-order valence-electron chi connectivity index (χ4n) is 4.10. The van der Waals surface area contributed by atoms with Crippen LogP contribution in [0.4, 0.5) is 4.39 Å². The minimum Gasteiger partial charge on any atom is -0.497 e. The van der Waals surface area contributed by atoms with Gasteiger partial charge in [-0.3, -0.25) is 9.69 Å². The first-order chi connectivity index (χ1) is 14.1. The fraction of sp³-hybridized carbons (Fsp3) is 0.435. The Morgan fingerprint density at radius 2 is 2.03 bits per heavy atom. The third kappa shape index (κ3) is 5.50. The molecule has 162 valence electrons. The van der Waals surface area contributed by atoms with Gasteiger partial charge in [0, 0.05) is 25.7 Å². The van der Waals surface area contributed by atoms with Crippen molar-refractivity contribution >= 4 is 18.3 Å². The number of amides is 1. The second-order valence-corrected chi connectivity index (χ2v) is 7.90. The standard InChI is InChI=1S/C23H28FN3O2.ClH/c1-29-20-9-7-17(8-10-20)23(16-5-6-16)26-22(28)15-27-12-11-25-14-21(27)18-3-2-4-19(24)13-18;/h2-4,7-10,13,16,21,23,25H,5-6,11-12,14-15H2,1H3,(H,26,28);1H. The smallest absolute Gasteiger partial charge is 0.234 e. The molecule has 2 N–H and O–H groups in total. The van der Waals surface area contributed by atoms with Gasteiger partial charge < -0.3 is 15.4 Å². The molecule has 0 aromatic heterocycles. The molecule has 0 radical (unpaired) electrons. The van der Waals surface area contributed by atoms with E-state index >= 15 is 0 Å². The minimum atomic E-state index is -0.245. The number of ether oxygens (including phenoxy) is 1. The second-order valence-electron chi connectivity index (χ2n) is 7.90. The van der Waals surface area contributed by atoms with Crippen LogP contribution in [0.2, 0.25) is 0 Å². The van der Waals surface area contributed by atoms with E-state index in [2.05, 4.69) is 15.5 Å². The molecule has 1 heterocycles. The van der Waals surface area contributed by atoms with Crippen LogP contribution in [0, 0.1) is 11.7 Å². The van der Waals surface area contributed by atoms with E-state index in [1.165, 1.54) is 6.07 Å². The van der Waals surface area contributed by atoms with E-state index in [0.29, 0.717) is 19.0 Å². The van der Waals surface area contributed by atoms with Crippen LogP contribution in [0.1, 0.15) is 36.1 Å². The summed E-state index contributed by atoms with van der Waals surface area (Å²) in [4.78, 5) is 15.1. The second kappa shape index (κ2) is 10.2. The van der Waals surface area contributed by atoms with Crippen LogP contribution in [-0.4, -0.2) is 44.1 Å². The maximum atomic E-state index is 13.7. The first-order valence-electron chi connectivity index (χ1n) is 10.3. The molecule has 30 heavy (non-hydrogen) atoms. The first-order valence-corrected chi connectivity index (χ1v) is 10.3. The summed E-state index contributed by atoms with van der Waals surface area (Å²) in [6.07, 6.45) is 2.27. The zero-order valence-corrected chi connectivity index (χ0v) is 18.0. The number of hydrogen-bond donors (Lipinski definition) is 2. The molecule has 2 aromatic carbocycles. The van der Waals surface area contributed by atoms with Gasteiger partial charge in [0.1, 0.15) is 11.6 Å². The average Bonchev–Trinajstić information content (AvgIpc) is 3.58. The van der Waals surface area contributed by atoms with Gasteiger partial charge in [-0.25, -0.2) is 4.39 Å². The fourth-order valence-corrected chi connectivity index (χ4v) is 4.10. The van der Waals surface area contributed by atoms with Crippen molar-refractivity contribution in [2.75, 3.05) is 33.3 Å². The molecular weight excluding hydrogens is 405 g/mol. The zero-order chi connectivity index (χ0) is 20.2. The van der Waals surface area contributed by atoms with Crippen LogP contribution in [-0.2, 0) is 4.79 Å². The van der Waals surface area contributed by atoms with Crippen LogP contribution < -0.4 is 15.4 Å². The van der Waals surface area contributed by atoms with E-state index in [1.54, 1.807) is 19.2 Å². The summed E-state index contributed by atoms with van der Waals surface area (Å²) in [5, 5.41) is 6.60. The molecule has 0 spiro atoms. The maximum absolute atomic E-state index is 13.7. The number of methoxy groups -OCH3 is 1. The van der Waals surface area contributed by atoms with Crippen molar-refractivity contribution in [1.82, 2.24) is 15.5 Å². The number of hydrogen-bond acceptors (Lipinski definition) is 4. The highest BCUT2D eigenvalue weighted by Gasteiger charge is 2.34. The lowest BCUT2D eigenvalue weighted by atomic mass is 10.0. The summed E-state index contributed by atoms with van der Waals surface area (Å²) in [6, 6.07) is 14.6. The monoisotopic (exact) mass is 433 g/mol. The quantitative estimate of drug-likeness (QED) is 0.702. The molecule has 0 bridgehead atoms. The highest BCUT2D eigenvalue weighted by Crippen LogP contribution is 2.41. The molecule has 2 aliphatic rings. The van der Waals surface area contributed by atoms with Crippen LogP contribution in [0.3, 0.4) is 0 Å². The molecule has 2 unspecified atom stereocenters. The van der Waals surface area contributed by atoms with Crippen LogP contribution in [0.25, 0.3) is 0 Å². The van der Waals surface area contributed by atoms with Gasteiger partial charge in [0.2, 0.25) is 5.91 Å². The molecule has 2 fully saturated rings. The lowest BCUT2D eigenvalue weighted by molar-refractivity contribution is -0.124. The predicted octanol–water partition coefficient (Wildman–Crippen LogP) is 3.47. The first kappa shape index (κ1) is 22.5. The third-order valence-corrected chi connectivity index (χ3v) is 5.82. The summed E-state index contributed by atoms with van der Waals surface area (Å²) in [5.74, 6) is 1.08. The molecule has 2 atom stereocenters. The van der Waals surface area contributed by atoms with E-state index in [1.807, 2.05) is 30.3 Å². The minimum absolute atomic E-state index is 0. The van der Waals surface area contributed by atoms with Gasteiger partial charge in [-0.1, -0.05) is 24.3 Å². The number of nitrogens with one attached hydrogen (secondary N) is 2. The Morgan fingerprint density at radius 1 is 1.27 bits per heavy atom. The molecule has 4 rings (SSSR count). The summed E-state index contributed by atoms with van der Waals surface area (Å²) >= 11 is 0. The van der Waals surface area contributed by atoms with Gasteiger partial charge >= 0.3 is 0 Å². The number of rotatable bonds is 7. The van der Waals surface area contributed by atoms with Crippen molar-refractivity contribution in [3.63, 3.8) is 0 Å². The molecule has 7 heteroatoms. The molecule has 1 aliphatic carbocycles. The molecule has 5 nitrogen and oxygen atoms in total. The maximum Gasteiger partial charge on any atom is 0.234 e. The number of nitrogens with zero attached hydrogens (tertiary/aromatic N) is 1. The highest BCUT2D eigenvalue weighted by molar-refractivity contribution is 5.85. The Labute approximate surface area is 183 Å². The molecule has 1 amide bonds. The lowest BCUT2D eigenvalue weighted by Crippen LogP contribution is -2.50. The summed E-state index contributed by atoms with van der Waals surface area (Å²) in [5.41, 5.74) is 2.02. The van der Waals surface area contributed by atoms with Crippen molar-refractivity contribution in [1.29, 1.82) is 0 Å². The van der Waals surface area contributed by atoms with Gasteiger partial charge in [-0.2, -0.15) is 0 Å². The van der Waals surface area contributed by atoms with Crippen LogP contribution in [0.5, 0.6) is 5.75 Å². The van der Waals surface area contributed by atoms with Crippen LogP contribution >= 0.6 is 12.4 Å². The third-order valence-electron chi connectivity index (χ3n) is 5.82. The Hall–Kier alpha value is -2.15. The Bertz CT molecular complexity index is 845. The average molecular weight is 434 g/mol. The normalized spacial score (nSPS) is 20.1. The van der Waals surface area contributed by atoms with Gasteiger partial charge in [-0.05, 0) is 54.2 Å². The van der Waals surface area contributed by atoms with Crippen molar-refractivity contribution in [3.05, 3.63) is 65.5 Å². The van der Waals surface area contributed by atoms with Crippen LogP contribution in [0.15, 0.2) is 48.5 Å². The number of halogens is 2. The number of carbonyl (C=O) groups is 1. The topological polar surface area (TPSA) is 53.6 Å². The number of benzene rings is 2. The van der Waals surface area contributed by atoms with Gasteiger partial charge in [0.15, 0.2) is 0 Å². The molecule has 1 saturated carbocycles. The van der Waals surface area contributed by atoms with E-state index in [4.69, 9.17) is 4.74 Å². The Balaban J connectivity index is 0.00000256. The molecule has 1 saturated heterocycles. The summed E-state index contributed by atoms with van der Waals surface area (Å²) in [6.45, 7) is 2.60. The zero-order valence-electron chi connectivity index (χ0n) is 17.1. The summed E-state index contributed by atoms with van der Waals surface area (Å²) < 4.78 is 18.9. The Kier molecular flexibility index (Phi) is 7.69. The molecule has 1 aliphatic heterocycles. The van der Waals surface area contributed by atoms with E-state index in [9.17, 15) is 9.18 Å². The van der Waals surface area contributed by atoms with E-state index in [0.717, 1.165) is 42.8 Å². The van der Waals surface area contributed by atoms with Gasteiger partial charge in [-0.15, -0.1) is 12.4 Å². The summed E-state index contributed by atoms with van der Waals surface area (Å²) in [7, 11) is 1.65. The van der Waals surface area contributed by atoms with E-state index in [-0.39, 0.29) is 36.2 Å². The predicted molar refractivity (Wildman–Crippen MR) is 117 cm³/mol. The largest absolute Gasteiger partial charge is 0.497 e. The molecule has 2 aromatic rings. The van der Waals surface area contributed by atoms with Gasteiger partial charge in [0.05, 0.1) is 19.7 Å². The van der Waals surface area contributed by atoms with Crippen molar-refractivity contribution in [2.24, 2.45) is 5.92 Å². The molecular formula is C23H29ClFN3O2. The van der Waals surface area contributed by atoms with Crippen molar-refractivity contribution in [2.45, 2.75) is 24.9 Å². The number of piperazine rings is 1. The SMILES string of the molecule is COc1ccc(C(NC(=O)CN2CCNCC2c2cccc(F)c2)C2CC2)cc1.Cl.